The van der Waals surface area contributed by atoms with E-state index >= 15 is 0 Å². The van der Waals surface area contributed by atoms with E-state index in [-0.39, 0.29) is 17.4 Å². The van der Waals surface area contributed by atoms with E-state index in [2.05, 4.69) is 20.4 Å². The van der Waals surface area contributed by atoms with E-state index in [0.29, 0.717) is 36.5 Å². The fraction of sp³-hybridized carbons (Fsp3) is 0.526. The molecule has 1 aliphatic rings. The van der Waals surface area contributed by atoms with Crippen molar-refractivity contribution >= 4 is 17.7 Å². The fourth-order valence-corrected chi connectivity index (χ4v) is 3.67. The van der Waals surface area contributed by atoms with Gasteiger partial charge >= 0.3 is 0 Å². The summed E-state index contributed by atoms with van der Waals surface area (Å²) in [6.07, 6.45) is 3.99. The first-order chi connectivity index (χ1) is 13.4. The first-order valence-corrected chi connectivity index (χ1v) is 9.58. The van der Waals surface area contributed by atoms with E-state index in [1.54, 1.807) is 13.0 Å². The average Bonchev–Trinajstić information content (AvgIpc) is 3.01. The number of aromatic nitrogens is 4. The molecule has 0 aromatic carbocycles. The molecule has 2 aromatic rings. The van der Waals surface area contributed by atoms with Crippen LogP contribution < -0.4 is 16.0 Å². The van der Waals surface area contributed by atoms with Crippen LogP contribution in [0.1, 0.15) is 50.4 Å². The highest BCUT2D eigenvalue weighted by molar-refractivity contribution is 5.94. The second kappa shape index (κ2) is 8.37. The third kappa shape index (κ3) is 4.29. The van der Waals surface area contributed by atoms with Gasteiger partial charge in [-0.2, -0.15) is 9.78 Å². The molecule has 1 amide bonds. The highest BCUT2D eigenvalue weighted by Crippen LogP contribution is 2.31. The molecule has 0 bridgehead atoms. The minimum Gasteiger partial charge on any atom is -0.550 e. The van der Waals surface area contributed by atoms with E-state index in [1.807, 2.05) is 6.92 Å². The molecule has 0 saturated heterocycles. The van der Waals surface area contributed by atoms with Crippen molar-refractivity contribution in [1.29, 1.82) is 0 Å². The lowest BCUT2D eigenvalue weighted by atomic mass is 9.79. The Labute approximate surface area is 162 Å². The van der Waals surface area contributed by atoms with Gasteiger partial charge in [-0.05, 0) is 26.2 Å². The summed E-state index contributed by atoms with van der Waals surface area (Å²) < 4.78 is 1.37. The lowest BCUT2D eigenvalue weighted by Gasteiger charge is -2.31. The Hall–Kier alpha value is -2.97. The van der Waals surface area contributed by atoms with Crippen LogP contribution in [0.4, 0.5) is 5.82 Å². The van der Waals surface area contributed by atoms with Crippen molar-refractivity contribution in [1.82, 2.24) is 19.7 Å². The van der Waals surface area contributed by atoms with Gasteiger partial charge in [0.05, 0.1) is 5.69 Å². The number of amides is 1. The molecular weight excluding hydrogens is 362 g/mol. The molecule has 2 N–H and O–H groups in total. The van der Waals surface area contributed by atoms with Crippen LogP contribution in [0.25, 0.3) is 5.95 Å². The summed E-state index contributed by atoms with van der Waals surface area (Å²) in [5, 5.41) is 18.5. The lowest BCUT2D eigenvalue weighted by Crippen LogP contribution is -2.42. The monoisotopic (exact) mass is 386 g/mol. The minimum atomic E-state index is -1.19. The molecule has 0 unspecified atom stereocenters. The Bertz CT molecular complexity index is 933. The van der Waals surface area contributed by atoms with Crippen LogP contribution in [0.5, 0.6) is 0 Å². The first-order valence-electron chi connectivity index (χ1n) is 9.58. The van der Waals surface area contributed by atoms with Crippen molar-refractivity contribution in [3.8, 4) is 5.95 Å². The molecule has 9 heteroatoms. The molecule has 28 heavy (non-hydrogen) atoms. The molecule has 1 fully saturated rings. The van der Waals surface area contributed by atoms with Crippen LogP contribution in [0.3, 0.4) is 0 Å². The summed E-state index contributed by atoms with van der Waals surface area (Å²) in [6, 6.07) is 3.09. The van der Waals surface area contributed by atoms with Gasteiger partial charge in [-0.3, -0.25) is 14.6 Å². The molecule has 1 saturated carbocycles. The van der Waals surface area contributed by atoms with Gasteiger partial charge in [0.2, 0.25) is 11.9 Å². The highest BCUT2D eigenvalue weighted by Gasteiger charge is 2.32. The first kappa shape index (κ1) is 19.8. The van der Waals surface area contributed by atoms with Gasteiger partial charge in [-0.1, -0.05) is 26.2 Å². The molecule has 2 atom stereocenters. The highest BCUT2D eigenvalue weighted by atomic mass is 16.4. The number of aliphatic carboxylic acids is 1. The topological polar surface area (TPSA) is 133 Å². The van der Waals surface area contributed by atoms with Crippen molar-refractivity contribution < 1.29 is 14.7 Å². The normalized spacial score (nSPS) is 19.4. The molecule has 2 aromatic heterocycles. The number of anilines is 1. The number of carboxylic acid groups (broad SMARTS) is 1. The number of nitrogens with zero attached hydrogens (tertiary/aromatic N) is 3. The summed E-state index contributed by atoms with van der Waals surface area (Å²) in [5.74, 6) is -2.48. The number of carbonyl (C=O) groups is 2. The van der Waals surface area contributed by atoms with Gasteiger partial charge in [0.1, 0.15) is 5.82 Å². The number of rotatable bonds is 6. The zero-order chi connectivity index (χ0) is 20.3. The van der Waals surface area contributed by atoms with E-state index < -0.39 is 17.8 Å². The summed E-state index contributed by atoms with van der Waals surface area (Å²) in [5.41, 5.74) is 0.957. The minimum absolute atomic E-state index is 0.208. The summed E-state index contributed by atoms with van der Waals surface area (Å²) in [6.45, 7) is 3.74. The molecule has 1 aliphatic carbocycles. The molecule has 9 nitrogen and oxygen atoms in total. The Morgan fingerprint density at radius 1 is 1.29 bits per heavy atom. The number of carbonyl (C=O) groups excluding carboxylic acids is 2. The Balaban J connectivity index is 1.89. The van der Waals surface area contributed by atoms with Crippen LogP contribution in [0, 0.1) is 18.8 Å². The SMILES string of the molecule is CCCc1cc(=O)[nH]c(-n2nc(C)cc2NC(=O)[C@H]2CCCC[C@H]2C(=O)[O-])n1. The third-order valence-electron chi connectivity index (χ3n) is 4.98. The second-order valence-corrected chi connectivity index (χ2v) is 7.20. The largest absolute Gasteiger partial charge is 0.550 e. The van der Waals surface area contributed by atoms with Gasteiger partial charge < -0.3 is 15.2 Å². The van der Waals surface area contributed by atoms with Crippen molar-refractivity contribution in [2.45, 2.75) is 52.4 Å². The zero-order valence-corrected chi connectivity index (χ0v) is 16.0. The van der Waals surface area contributed by atoms with E-state index in [9.17, 15) is 19.5 Å². The quantitative estimate of drug-likeness (QED) is 0.751. The summed E-state index contributed by atoms with van der Waals surface area (Å²) in [7, 11) is 0. The van der Waals surface area contributed by atoms with Gasteiger partial charge in [0.25, 0.3) is 5.56 Å². The van der Waals surface area contributed by atoms with Gasteiger partial charge in [-0.15, -0.1) is 0 Å². The third-order valence-corrected chi connectivity index (χ3v) is 4.98. The maximum absolute atomic E-state index is 12.8. The number of carboxylic acids is 1. The van der Waals surface area contributed by atoms with Crippen LogP contribution in [0.2, 0.25) is 0 Å². The van der Waals surface area contributed by atoms with E-state index in [0.717, 1.165) is 19.3 Å². The van der Waals surface area contributed by atoms with Crippen molar-refractivity contribution in [3.63, 3.8) is 0 Å². The van der Waals surface area contributed by atoms with Crippen molar-refractivity contribution in [3.05, 3.63) is 33.9 Å². The van der Waals surface area contributed by atoms with Crippen LogP contribution >= 0.6 is 0 Å². The zero-order valence-electron chi connectivity index (χ0n) is 16.0. The standard InChI is InChI=1S/C19H25N5O4/c1-3-6-12-10-16(25)22-19(20-12)24-15(9-11(2)23-24)21-17(26)13-7-4-5-8-14(13)18(27)28/h9-10,13-14H,3-8H2,1-2H3,(H,21,26)(H,27,28)(H,20,22,25)/p-1/t13-,14+/m0/s1. The Morgan fingerprint density at radius 2 is 2.00 bits per heavy atom. The number of hydrogen-bond acceptors (Lipinski definition) is 6. The molecule has 2 heterocycles. The van der Waals surface area contributed by atoms with Gasteiger partial charge in [-0.25, -0.2) is 4.98 Å². The molecule has 150 valence electrons. The van der Waals surface area contributed by atoms with Crippen molar-refractivity contribution in [2.75, 3.05) is 5.32 Å². The van der Waals surface area contributed by atoms with Crippen LogP contribution in [-0.4, -0.2) is 31.6 Å². The van der Waals surface area contributed by atoms with Gasteiger partial charge in [0.15, 0.2) is 0 Å². The molecule has 0 radical (unpaired) electrons. The Morgan fingerprint density at radius 3 is 2.68 bits per heavy atom. The number of H-pyrrole nitrogens is 1. The predicted octanol–water partition coefficient (Wildman–Crippen LogP) is 0.711. The Kier molecular flexibility index (Phi) is 5.91. The summed E-state index contributed by atoms with van der Waals surface area (Å²) >= 11 is 0. The molecule has 0 spiro atoms. The van der Waals surface area contributed by atoms with Crippen LogP contribution in [-0.2, 0) is 16.0 Å². The van der Waals surface area contributed by atoms with E-state index in [1.165, 1.54) is 10.7 Å². The van der Waals surface area contributed by atoms with Crippen molar-refractivity contribution in [2.24, 2.45) is 11.8 Å². The van der Waals surface area contributed by atoms with E-state index in [4.69, 9.17) is 0 Å². The maximum Gasteiger partial charge on any atom is 0.252 e. The van der Waals surface area contributed by atoms with Crippen LogP contribution in [0.15, 0.2) is 16.9 Å². The number of aromatic amines is 1. The average molecular weight is 386 g/mol. The predicted molar refractivity (Wildman–Crippen MR) is 99.8 cm³/mol. The number of nitrogens with one attached hydrogen (secondary N) is 2. The fourth-order valence-electron chi connectivity index (χ4n) is 3.67. The molecule has 0 aliphatic heterocycles. The second-order valence-electron chi connectivity index (χ2n) is 7.20. The van der Waals surface area contributed by atoms with Gasteiger partial charge in [0, 0.05) is 35.6 Å². The molecule has 3 rings (SSSR count). The number of aryl methyl sites for hydroxylation is 2. The maximum atomic E-state index is 12.8. The number of hydrogen-bond donors (Lipinski definition) is 2. The lowest BCUT2D eigenvalue weighted by molar-refractivity contribution is -0.313. The smallest absolute Gasteiger partial charge is 0.252 e. The molecular formula is C19H24N5O4-. The summed E-state index contributed by atoms with van der Waals surface area (Å²) in [4.78, 5) is 43.2.